The first-order valence-electron chi connectivity index (χ1n) is 5.11. The lowest BCUT2D eigenvalue weighted by Gasteiger charge is -2.16. The van der Waals surface area contributed by atoms with Gasteiger partial charge in [0.05, 0.1) is 16.1 Å². The summed E-state index contributed by atoms with van der Waals surface area (Å²) in [5, 5.41) is 0. The Morgan fingerprint density at radius 1 is 1.69 bits per heavy atom. The number of hydrogen-bond acceptors (Lipinski definition) is 4. The number of aryl methyl sites for hydroxylation is 1. The molecular formula is C10H13BrN4O. The van der Waals surface area contributed by atoms with E-state index in [4.69, 9.17) is 5.73 Å². The van der Waals surface area contributed by atoms with Crippen LogP contribution in [0, 0.1) is 12.8 Å². The average Bonchev–Trinajstić information content (AvgIpc) is 2.71. The summed E-state index contributed by atoms with van der Waals surface area (Å²) < 4.78 is 0.891. The van der Waals surface area contributed by atoms with Crippen molar-refractivity contribution in [1.82, 2.24) is 9.97 Å². The molecular weight excluding hydrogens is 272 g/mol. The van der Waals surface area contributed by atoms with Crippen molar-refractivity contribution in [1.29, 1.82) is 0 Å². The predicted molar refractivity (Wildman–Crippen MR) is 64.0 cm³/mol. The molecule has 0 aromatic carbocycles. The summed E-state index contributed by atoms with van der Waals surface area (Å²) in [6.45, 7) is 3.32. The van der Waals surface area contributed by atoms with E-state index in [1.54, 1.807) is 6.20 Å². The van der Waals surface area contributed by atoms with E-state index in [0.29, 0.717) is 12.5 Å². The Balaban J connectivity index is 2.14. The molecule has 6 heteroatoms. The van der Waals surface area contributed by atoms with E-state index in [1.807, 2.05) is 11.8 Å². The van der Waals surface area contributed by atoms with Gasteiger partial charge in [-0.05, 0) is 29.3 Å². The number of nitrogens with zero attached hydrogens (tertiary/aromatic N) is 3. The number of anilines is 1. The molecule has 0 spiro atoms. The number of aromatic nitrogens is 2. The lowest BCUT2D eigenvalue weighted by molar-refractivity contribution is -0.121. The smallest absolute Gasteiger partial charge is 0.225 e. The zero-order valence-electron chi connectivity index (χ0n) is 8.98. The number of rotatable bonds is 2. The second-order valence-corrected chi connectivity index (χ2v) is 4.79. The molecule has 0 saturated carbocycles. The van der Waals surface area contributed by atoms with Gasteiger partial charge in [-0.25, -0.2) is 9.97 Å². The Morgan fingerprint density at radius 3 is 3.00 bits per heavy atom. The van der Waals surface area contributed by atoms with Gasteiger partial charge >= 0.3 is 0 Å². The zero-order chi connectivity index (χ0) is 11.7. The van der Waals surface area contributed by atoms with Gasteiger partial charge in [-0.15, -0.1) is 0 Å². The second kappa shape index (κ2) is 4.37. The van der Waals surface area contributed by atoms with Crippen LogP contribution in [0.25, 0.3) is 0 Å². The van der Waals surface area contributed by atoms with Crippen molar-refractivity contribution in [2.45, 2.75) is 13.3 Å². The molecule has 0 unspecified atom stereocenters. The quantitative estimate of drug-likeness (QED) is 0.874. The monoisotopic (exact) mass is 284 g/mol. The largest absolute Gasteiger partial charge is 0.369 e. The third kappa shape index (κ3) is 2.16. The number of carbonyl (C=O) groups excluding carboxylic acids is 1. The summed E-state index contributed by atoms with van der Waals surface area (Å²) >= 11 is 3.36. The van der Waals surface area contributed by atoms with Crippen LogP contribution in [-0.2, 0) is 4.79 Å². The average molecular weight is 285 g/mol. The van der Waals surface area contributed by atoms with E-state index in [2.05, 4.69) is 25.9 Å². The molecule has 1 aromatic heterocycles. The molecule has 1 saturated heterocycles. The van der Waals surface area contributed by atoms with E-state index in [0.717, 1.165) is 23.1 Å². The molecule has 1 aromatic rings. The molecule has 1 atom stereocenters. The molecule has 1 aliphatic rings. The first kappa shape index (κ1) is 11.3. The first-order chi connectivity index (χ1) is 7.58. The summed E-state index contributed by atoms with van der Waals surface area (Å²) in [6, 6.07) is 0. The van der Waals surface area contributed by atoms with Crippen LogP contribution in [0.2, 0.25) is 0 Å². The topological polar surface area (TPSA) is 72.1 Å². The fraction of sp³-hybridized carbons (Fsp3) is 0.500. The molecule has 86 valence electrons. The highest BCUT2D eigenvalue weighted by molar-refractivity contribution is 9.10. The van der Waals surface area contributed by atoms with Crippen molar-refractivity contribution in [3.8, 4) is 0 Å². The Bertz CT molecular complexity index is 423. The fourth-order valence-corrected chi connectivity index (χ4v) is 1.96. The second-order valence-electron chi connectivity index (χ2n) is 3.94. The van der Waals surface area contributed by atoms with Crippen molar-refractivity contribution in [3.05, 3.63) is 16.4 Å². The van der Waals surface area contributed by atoms with Crippen molar-refractivity contribution in [3.63, 3.8) is 0 Å². The number of carbonyl (C=O) groups is 1. The van der Waals surface area contributed by atoms with Crippen LogP contribution in [-0.4, -0.2) is 29.0 Å². The Labute approximate surface area is 102 Å². The molecule has 1 fully saturated rings. The lowest BCUT2D eigenvalue weighted by atomic mass is 10.1. The predicted octanol–water partition coefficient (Wildman–Crippen LogP) is 0.859. The highest BCUT2D eigenvalue weighted by Gasteiger charge is 2.28. The van der Waals surface area contributed by atoms with E-state index < -0.39 is 0 Å². The van der Waals surface area contributed by atoms with Crippen LogP contribution in [0.4, 0.5) is 5.95 Å². The molecule has 16 heavy (non-hydrogen) atoms. The maximum absolute atomic E-state index is 11.0. The molecule has 1 aliphatic heterocycles. The summed E-state index contributed by atoms with van der Waals surface area (Å²) in [5.41, 5.74) is 6.17. The number of nitrogens with two attached hydrogens (primary N) is 1. The lowest BCUT2D eigenvalue weighted by Crippen LogP contribution is -2.28. The summed E-state index contributed by atoms with van der Waals surface area (Å²) in [5.74, 6) is 0.355. The molecule has 2 N–H and O–H groups in total. The van der Waals surface area contributed by atoms with Crippen LogP contribution in [0.3, 0.4) is 0 Å². The molecule has 2 heterocycles. The van der Waals surface area contributed by atoms with Gasteiger partial charge < -0.3 is 10.6 Å². The van der Waals surface area contributed by atoms with Crippen molar-refractivity contribution in [2.75, 3.05) is 18.0 Å². The van der Waals surface area contributed by atoms with Crippen LogP contribution in [0.15, 0.2) is 10.7 Å². The first-order valence-corrected chi connectivity index (χ1v) is 5.90. The SMILES string of the molecule is Cc1nc(N2CC[C@@H](C(N)=O)C2)ncc1Br. The highest BCUT2D eigenvalue weighted by Crippen LogP contribution is 2.22. The van der Waals surface area contributed by atoms with Gasteiger partial charge in [-0.3, -0.25) is 4.79 Å². The maximum Gasteiger partial charge on any atom is 0.225 e. The molecule has 0 bridgehead atoms. The minimum atomic E-state index is -0.240. The standard InChI is InChI=1S/C10H13BrN4O/c1-6-8(11)4-13-10(14-6)15-3-2-7(5-15)9(12)16/h4,7H,2-3,5H2,1H3,(H2,12,16)/t7-/m1/s1. The van der Waals surface area contributed by atoms with Gasteiger partial charge in [0.25, 0.3) is 0 Å². The van der Waals surface area contributed by atoms with Crippen molar-refractivity contribution >= 4 is 27.8 Å². The van der Waals surface area contributed by atoms with Crippen LogP contribution >= 0.6 is 15.9 Å². The van der Waals surface area contributed by atoms with Crippen LogP contribution in [0.1, 0.15) is 12.1 Å². The van der Waals surface area contributed by atoms with Crippen molar-refractivity contribution in [2.24, 2.45) is 11.7 Å². The number of amides is 1. The van der Waals surface area contributed by atoms with Crippen LogP contribution < -0.4 is 10.6 Å². The molecule has 0 radical (unpaired) electrons. The third-order valence-electron chi connectivity index (χ3n) is 2.78. The van der Waals surface area contributed by atoms with Gasteiger partial charge in [0.2, 0.25) is 11.9 Å². The third-order valence-corrected chi connectivity index (χ3v) is 3.56. The number of primary amides is 1. The van der Waals surface area contributed by atoms with E-state index in [-0.39, 0.29) is 11.8 Å². The van der Waals surface area contributed by atoms with Gasteiger partial charge in [0.15, 0.2) is 0 Å². The van der Waals surface area contributed by atoms with Crippen molar-refractivity contribution < 1.29 is 4.79 Å². The maximum atomic E-state index is 11.0. The fourth-order valence-electron chi connectivity index (χ4n) is 1.77. The minimum absolute atomic E-state index is 0.0763. The van der Waals surface area contributed by atoms with Gasteiger partial charge in [0, 0.05) is 19.3 Å². The van der Waals surface area contributed by atoms with E-state index >= 15 is 0 Å². The van der Waals surface area contributed by atoms with E-state index in [9.17, 15) is 4.79 Å². The van der Waals surface area contributed by atoms with E-state index in [1.165, 1.54) is 0 Å². The normalized spacial score (nSPS) is 20.1. The Hall–Kier alpha value is -1.17. The Kier molecular flexibility index (Phi) is 3.09. The molecule has 5 nitrogen and oxygen atoms in total. The molecule has 2 rings (SSSR count). The van der Waals surface area contributed by atoms with Gasteiger partial charge in [-0.1, -0.05) is 0 Å². The minimum Gasteiger partial charge on any atom is -0.369 e. The number of hydrogen-bond donors (Lipinski definition) is 1. The highest BCUT2D eigenvalue weighted by atomic mass is 79.9. The van der Waals surface area contributed by atoms with Crippen LogP contribution in [0.5, 0.6) is 0 Å². The Morgan fingerprint density at radius 2 is 2.44 bits per heavy atom. The molecule has 0 aliphatic carbocycles. The van der Waals surface area contributed by atoms with Gasteiger partial charge in [0.1, 0.15) is 0 Å². The summed E-state index contributed by atoms with van der Waals surface area (Å²) in [7, 11) is 0. The number of halogens is 1. The van der Waals surface area contributed by atoms with Gasteiger partial charge in [-0.2, -0.15) is 0 Å². The zero-order valence-corrected chi connectivity index (χ0v) is 10.6. The summed E-state index contributed by atoms with van der Waals surface area (Å²) in [6.07, 6.45) is 2.52. The molecule has 1 amide bonds. The summed E-state index contributed by atoms with van der Waals surface area (Å²) in [4.78, 5) is 21.6.